The number of methoxy groups -OCH3 is 1. The third-order valence-electron chi connectivity index (χ3n) is 6.06. The van der Waals surface area contributed by atoms with Crippen molar-refractivity contribution in [3.63, 3.8) is 0 Å². The van der Waals surface area contributed by atoms with Crippen LogP contribution in [0.2, 0.25) is 0 Å². The molecule has 0 saturated heterocycles. The Labute approximate surface area is 183 Å². The molecule has 0 aliphatic heterocycles. The van der Waals surface area contributed by atoms with Gasteiger partial charge in [0.25, 0.3) is 0 Å². The Kier molecular flexibility index (Phi) is 6.51. The summed E-state index contributed by atoms with van der Waals surface area (Å²) in [5.41, 5.74) is 2.40. The van der Waals surface area contributed by atoms with Gasteiger partial charge in [-0.25, -0.2) is 4.98 Å². The van der Waals surface area contributed by atoms with E-state index in [0.29, 0.717) is 6.54 Å². The molecule has 1 aromatic heterocycles. The van der Waals surface area contributed by atoms with Crippen molar-refractivity contribution < 1.29 is 9.53 Å². The molecule has 31 heavy (non-hydrogen) atoms. The van der Waals surface area contributed by atoms with Crippen LogP contribution in [-0.4, -0.2) is 29.5 Å². The van der Waals surface area contributed by atoms with Gasteiger partial charge >= 0.3 is 0 Å². The predicted molar refractivity (Wildman–Crippen MR) is 122 cm³/mol. The van der Waals surface area contributed by atoms with Gasteiger partial charge < -0.3 is 15.0 Å². The average molecular weight is 416 g/mol. The second kappa shape index (κ2) is 9.65. The highest BCUT2D eigenvalue weighted by molar-refractivity contribution is 5.87. The number of carbonyl (C=O) groups excluding carboxylic acids is 1. The van der Waals surface area contributed by atoms with Crippen LogP contribution >= 0.6 is 0 Å². The number of nitrogens with zero attached hydrogens (tertiary/aromatic N) is 1. The summed E-state index contributed by atoms with van der Waals surface area (Å²) in [7, 11) is 1.69. The second-order valence-corrected chi connectivity index (χ2v) is 8.02. The summed E-state index contributed by atoms with van der Waals surface area (Å²) in [6.45, 7) is 0.675. The summed E-state index contributed by atoms with van der Waals surface area (Å²) in [5, 5.41) is 2.99. The molecule has 5 heteroatoms. The van der Waals surface area contributed by atoms with E-state index in [1.54, 1.807) is 19.4 Å². The van der Waals surface area contributed by atoms with E-state index >= 15 is 0 Å². The normalized spacial score (nSPS) is 20.0. The van der Waals surface area contributed by atoms with E-state index in [4.69, 9.17) is 4.74 Å². The van der Waals surface area contributed by atoms with Crippen LogP contribution in [0.25, 0.3) is 0 Å². The highest BCUT2D eigenvalue weighted by Crippen LogP contribution is 2.59. The zero-order valence-corrected chi connectivity index (χ0v) is 17.9. The van der Waals surface area contributed by atoms with Gasteiger partial charge in [-0.15, -0.1) is 0 Å². The summed E-state index contributed by atoms with van der Waals surface area (Å²) in [5.74, 6) is 2.11. The number of amides is 1. The van der Waals surface area contributed by atoms with Gasteiger partial charge in [-0.1, -0.05) is 48.5 Å². The number of aromatic nitrogens is 2. The number of hydrogen-bond acceptors (Lipinski definition) is 3. The second-order valence-electron chi connectivity index (χ2n) is 8.02. The number of H-pyrrole nitrogens is 1. The van der Waals surface area contributed by atoms with E-state index in [0.717, 1.165) is 37.3 Å². The summed E-state index contributed by atoms with van der Waals surface area (Å²) in [6.07, 6.45) is 11.2. The van der Waals surface area contributed by atoms with Crippen LogP contribution in [0.5, 0.6) is 5.75 Å². The van der Waals surface area contributed by atoms with E-state index in [9.17, 15) is 4.79 Å². The van der Waals surface area contributed by atoms with Gasteiger partial charge in [0.2, 0.25) is 5.91 Å². The lowest BCUT2D eigenvalue weighted by molar-refractivity contribution is -0.116. The first-order valence-corrected chi connectivity index (χ1v) is 10.9. The van der Waals surface area contributed by atoms with Crippen LogP contribution in [-0.2, 0) is 16.6 Å². The van der Waals surface area contributed by atoms with Crippen molar-refractivity contribution in [3.05, 3.63) is 96.1 Å². The highest BCUT2D eigenvalue weighted by atomic mass is 16.5. The fraction of sp³-hybridized carbons (Fsp3) is 0.308. The monoisotopic (exact) mass is 415 g/mol. The number of aromatic amines is 1. The van der Waals surface area contributed by atoms with Crippen LogP contribution < -0.4 is 10.1 Å². The van der Waals surface area contributed by atoms with Crippen LogP contribution in [0, 0.1) is 5.92 Å². The Morgan fingerprint density at radius 1 is 1.19 bits per heavy atom. The fourth-order valence-electron chi connectivity index (χ4n) is 4.31. The maximum atomic E-state index is 12.3. The van der Waals surface area contributed by atoms with Crippen LogP contribution in [0.1, 0.15) is 36.2 Å². The number of carbonyl (C=O) groups is 1. The molecule has 1 fully saturated rings. The molecule has 1 saturated carbocycles. The molecule has 160 valence electrons. The number of nitrogens with one attached hydrogen (secondary N) is 2. The lowest BCUT2D eigenvalue weighted by Crippen LogP contribution is -2.22. The number of rotatable bonds is 10. The zero-order chi connectivity index (χ0) is 21.5. The highest BCUT2D eigenvalue weighted by Gasteiger charge is 2.55. The van der Waals surface area contributed by atoms with Crippen LogP contribution in [0.3, 0.4) is 0 Å². The van der Waals surface area contributed by atoms with Crippen molar-refractivity contribution in [2.24, 2.45) is 5.92 Å². The zero-order valence-electron chi connectivity index (χ0n) is 17.9. The molecule has 4 rings (SSSR count). The Balaban J connectivity index is 1.36. The van der Waals surface area contributed by atoms with Crippen molar-refractivity contribution in [1.82, 2.24) is 15.3 Å². The molecular weight excluding hydrogens is 386 g/mol. The van der Waals surface area contributed by atoms with Crippen LogP contribution in [0.4, 0.5) is 0 Å². The molecule has 1 aliphatic carbocycles. The molecule has 3 aromatic rings. The van der Waals surface area contributed by atoms with Gasteiger partial charge in [0.1, 0.15) is 11.6 Å². The number of ether oxygens (including phenoxy) is 1. The molecule has 0 bridgehead atoms. The quantitative estimate of drug-likeness (QED) is 0.380. The maximum absolute atomic E-state index is 12.3. The first-order chi connectivity index (χ1) is 15.2. The molecule has 2 N–H and O–H groups in total. The smallest absolute Gasteiger partial charge is 0.243 e. The van der Waals surface area contributed by atoms with Gasteiger partial charge in [-0.3, -0.25) is 4.79 Å². The number of imidazole rings is 1. The number of benzene rings is 2. The lowest BCUT2D eigenvalue weighted by Gasteiger charge is -2.19. The molecule has 1 amide bonds. The Hall–Kier alpha value is -3.34. The van der Waals surface area contributed by atoms with Gasteiger partial charge in [0.15, 0.2) is 0 Å². The van der Waals surface area contributed by atoms with Crippen LogP contribution in [0.15, 0.2) is 79.1 Å². The first-order valence-electron chi connectivity index (χ1n) is 10.9. The Morgan fingerprint density at radius 2 is 2.03 bits per heavy atom. The topological polar surface area (TPSA) is 67.0 Å². The van der Waals surface area contributed by atoms with Gasteiger partial charge in [-0.05, 0) is 54.5 Å². The molecule has 0 unspecified atom stereocenters. The van der Waals surface area contributed by atoms with Gasteiger partial charge in [-0.2, -0.15) is 0 Å². The number of unbranched alkanes of at least 4 members (excludes halogenated alkanes) is 1. The summed E-state index contributed by atoms with van der Waals surface area (Å²) in [4.78, 5) is 19.6. The summed E-state index contributed by atoms with van der Waals surface area (Å²) in [6, 6.07) is 18.8. The van der Waals surface area contributed by atoms with E-state index < -0.39 is 0 Å². The van der Waals surface area contributed by atoms with Crippen molar-refractivity contribution in [2.75, 3.05) is 13.7 Å². The molecule has 2 atom stereocenters. The van der Waals surface area contributed by atoms with Crippen molar-refractivity contribution in [3.8, 4) is 5.75 Å². The van der Waals surface area contributed by atoms with Crippen molar-refractivity contribution in [1.29, 1.82) is 0 Å². The standard InChI is InChI=1S/C26H29N3O2/c1-31-23-11-7-10-21(18-23)26(20-8-3-2-4-9-20)19-22(26)13-14-25(30)29-15-6-5-12-24-27-16-17-28-24/h2-4,7-11,13-14,16-18,22H,5-6,12,15,19H2,1H3,(H,27,28)(H,29,30)/t22-,26+/m1/s1. The van der Waals surface area contributed by atoms with Gasteiger partial charge in [0.05, 0.1) is 7.11 Å². The third kappa shape index (κ3) is 4.88. The van der Waals surface area contributed by atoms with Crippen molar-refractivity contribution >= 4 is 5.91 Å². The maximum Gasteiger partial charge on any atom is 0.243 e. The lowest BCUT2D eigenvalue weighted by atomic mass is 9.85. The van der Waals surface area contributed by atoms with E-state index in [1.165, 1.54) is 11.1 Å². The third-order valence-corrected chi connectivity index (χ3v) is 6.06. The van der Waals surface area contributed by atoms with Gasteiger partial charge in [0, 0.05) is 30.8 Å². The minimum atomic E-state index is -0.102. The predicted octanol–water partition coefficient (Wildman–Crippen LogP) is 4.42. The summed E-state index contributed by atoms with van der Waals surface area (Å²) >= 11 is 0. The minimum absolute atomic E-state index is 0.0301. The Bertz CT molecular complexity index is 1010. The molecule has 5 nitrogen and oxygen atoms in total. The van der Waals surface area contributed by atoms with Crippen molar-refractivity contribution in [2.45, 2.75) is 31.1 Å². The fourth-order valence-corrected chi connectivity index (χ4v) is 4.31. The average Bonchev–Trinajstić information content (AvgIpc) is 3.33. The van der Waals surface area contributed by atoms with E-state index in [1.807, 2.05) is 24.4 Å². The SMILES string of the molecule is COc1cccc([C@@]2(c3ccccc3)C[C@H]2C=CC(=O)NCCCCc2ncc[nH]2)c1. The molecule has 1 heterocycles. The Morgan fingerprint density at radius 3 is 2.81 bits per heavy atom. The summed E-state index contributed by atoms with van der Waals surface area (Å²) < 4.78 is 5.45. The van der Waals surface area contributed by atoms with E-state index in [-0.39, 0.29) is 17.2 Å². The largest absolute Gasteiger partial charge is 0.497 e. The molecule has 0 radical (unpaired) electrons. The molecular formula is C26H29N3O2. The molecule has 0 spiro atoms. The molecule has 2 aromatic carbocycles. The van der Waals surface area contributed by atoms with E-state index in [2.05, 4.69) is 57.8 Å². The minimum Gasteiger partial charge on any atom is -0.497 e. The number of allylic oxidation sites excluding steroid dienone is 1. The number of aryl methyl sites for hydroxylation is 1. The molecule has 1 aliphatic rings. The number of hydrogen-bond donors (Lipinski definition) is 2. The first kappa shape index (κ1) is 20.9.